The van der Waals surface area contributed by atoms with Crippen molar-refractivity contribution in [1.82, 2.24) is 0 Å². The highest BCUT2D eigenvalue weighted by Gasteiger charge is 2.21. The molecular weight excluding hydrogens is 663 g/mol. The molecule has 0 radical (unpaired) electrons. The number of fused-ring (bicyclic) bond motifs is 9. The van der Waals surface area contributed by atoms with Crippen molar-refractivity contribution in [3.63, 3.8) is 0 Å². The molecule has 0 aliphatic carbocycles. The molecule has 53 heavy (non-hydrogen) atoms. The van der Waals surface area contributed by atoms with Crippen LogP contribution in [0.25, 0.3) is 85.9 Å². The van der Waals surface area contributed by atoms with Gasteiger partial charge in [0.15, 0.2) is 0 Å². The van der Waals surface area contributed by atoms with Crippen LogP contribution in [-0.4, -0.2) is 0 Å². The minimum atomic E-state index is 0.924. The maximum atomic E-state index is 6.74. The van der Waals surface area contributed by atoms with Crippen molar-refractivity contribution >= 4 is 92.1 Å². The number of nitrogens with zero attached hydrogens (tertiary/aromatic N) is 1. The zero-order valence-electron chi connectivity index (χ0n) is 28.7. The maximum absolute atomic E-state index is 6.74. The summed E-state index contributed by atoms with van der Waals surface area (Å²) in [4.78, 5) is 2.40. The van der Waals surface area contributed by atoms with E-state index in [1.807, 2.05) is 11.3 Å². The average Bonchev–Trinajstić information content (AvgIpc) is 3.79. The number of benzene rings is 9. The normalized spacial score (nSPS) is 11.8. The molecule has 0 spiro atoms. The van der Waals surface area contributed by atoms with E-state index in [1.54, 1.807) is 0 Å². The van der Waals surface area contributed by atoms with Crippen LogP contribution in [-0.2, 0) is 0 Å². The van der Waals surface area contributed by atoms with E-state index in [0.29, 0.717) is 0 Å². The van der Waals surface area contributed by atoms with Crippen LogP contribution in [0.2, 0.25) is 0 Å². The van der Waals surface area contributed by atoms with E-state index in [1.165, 1.54) is 64.0 Å². The second-order valence-electron chi connectivity index (χ2n) is 13.7. The molecule has 0 amide bonds. The molecular formula is C50H31NOS. The smallest absolute Gasteiger partial charge is 0.144 e. The van der Waals surface area contributed by atoms with Gasteiger partial charge in [-0.3, -0.25) is 0 Å². The second-order valence-corrected chi connectivity index (χ2v) is 14.7. The van der Waals surface area contributed by atoms with Crippen molar-refractivity contribution in [3.8, 4) is 22.3 Å². The predicted molar refractivity (Wildman–Crippen MR) is 227 cm³/mol. The minimum absolute atomic E-state index is 0.924. The molecule has 9 aromatic carbocycles. The van der Waals surface area contributed by atoms with Gasteiger partial charge in [-0.2, -0.15) is 0 Å². The SMILES string of the molecule is c1ccc(-c2ccc(N(c3ccc(-c4cccc5ccccc45)cc3)c3cccc4c3sc3ccc5c6cc7ccccc7cc6oc5c34)cc2)cc1. The van der Waals surface area contributed by atoms with Crippen molar-refractivity contribution in [1.29, 1.82) is 0 Å². The summed E-state index contributed by atoms with van der Waals surface area (Å²) in [6, 6.07) is 67.9. The lowest BCUT2D eigenvalue weighted by Gasteiger charge is -2.26. The van der Waals surface area contributed by atoms with E-state index >= 15 is 0 Å². The van der Waals surface area contributed by atoms with Crippen molar-refractivity contribution in [2.45, 2.75) is 0 Å². The highest BCUT2D eigenvalue weighted by atomic mass is 32.1. The summed E-state index contributed by atoms with van der Waals surface area (Å²) in [5.41, 5.74) is 10.1. The molecule has 2 aromatic heterocycles. The third kappa shape index (κ3) is 4.86. The number of furan rings is 1. The van der Waals surface area contributed by atoms with Gasteiger partial charge >= 0.3 is 0 Å². The molecule has 248 valence electrons. The summed E-state index contributed by atoms with van der Waals surface area (Å²) >= 11 is 1.83. The van der Waals surface area contributed by atoms with Gasteiger partial charge in [0, 0.05) is 37.6 Å². The molecule has 0 fully saturated rings. The van der Waals surface area contributed by atoms with Crippen LogP contribution in [0.4, 0.5) is 17.1 Å². The minimum Gasteiger partial charge on any atom is -0.455 e. The zero-order chi connectivity index (χ0) is 34.9. The standard InChI is InChI=1S/C50H31NOS/c1-2-10-32(11-3-1)33-20-24-38(25-21-33)51(39-26-22-35(23-27-39)41-17-8-15-34-12-6-7-16-40(34)41)45-19-9-18-43-48-47(53-50(43)45)29-28-42-44-30-36-13-4-5-14-37(36)31-46(44)52-49(42)48/h1-31H. The lowest BCUT2D eigenvalue weighted by atomic mass is 9.98. The van der Waals surface area contributed by atoms with Crippen molar-refractivity contribution < 1.29 is 4.42 Å². The van der Waals surface area contributed by atoms with Gasteiger partial charge in [0.05, 0.1) is 10.4 Å². The Kier molecular flexibility index (Phi) is 6.76. The van der Waals surface area contributed by atoms with Crippen molar-refractivity contribution in [3.05, 3.63) is 188 Å². The highest BCUT2D eigenvalue weighted by Crippen LogP contribution is 2.48. The fraction of sp³-hybridized carbons (Fsp3) is 0. The number of anilines is 3. The van der Waals surface area contributed by atoms with Crippen molar-refractivity contribution in [2.24, 2.45) is 0 Å². The Morgan fingerprint density at radius 3 is 1.83 bits per heavy atom. The second kappa shape index (κ2) is 11.9. The van der Waals surface area contributed by atoms with Gasteiger partial charge in [-0.05, 0) is 98.4 Å². The van der Waals surface area contributed by atoms with E-state index in [2.05, 4.69) is 193 Å². The first-order valence-electron chi connectivity index (χ1n) is 18.0. The molecule has 0 unspecified atom stereocenters. The third-order valence-electron chi connectivity index (χ3n) is 10.6. The molecule has 2 nitrogen and oxygen atoms in total. The lowest BCUT2D eigenvalue weighted by Crippen LogP contribution is -2.10. The molecule has 11 aromatic rings. The first kappa shape index (κ1) is 30.0. The fourth-order valence-corrected chi connectivity index (χ4v) is 9.29. The number of thiophene rings is 1. The molecule has 0 saturated heterocycles. The van der Waals surface area contributed by atoms with Crippen molar-refractivity contribution in [2.75, 3.05) is 4.90 Å². The molecule has 0 bridgehead atoms. The summed E-state index contributed by atoms with van der Waals surface area (Å²) in [6.07, 6.45) is 0. The summed E-state index contributed by atoms with van der Waals surface area (Å²) in [6.45, 7) is 0. The largest absolute Gasteiger partial charge is 0.455 e. The predicted octanol–water partition coefficient (Wildman–Crippen LogP) is 15.1. The molecule has 3 heteroatoms. The molecule has 2 heterocycles. The van der Waals surface area contributed by atoms with Gasteiger partial charge in [0.1, 0.15) is 11.2 Å². The van der Waals surface area contributed by atoms with Crippen LogP contribution in [0, 0.1) is 0 Å². The fourth-order valence-electron chi connectivity index (χ4n) is 8.09. The monoisotopic (exact) mass is 693 g/mol. The van der Waals surface area contributed by atoms with Gasteiger partial charge in [-0.15, -0.1) is 11.3 Å². The Bertz CT molecular complexity index is 3150. The molecule has 0 saturated carbocycles. The first-order chi connectivity index (χ1) is 26.3. The summed E-state index contributed by atoms with van der Waals surface area (Å²) < 4.78 is 9.19. The molecule has 0 aliphatic heterocycles. The van der Waals surface area contributed by atoms with E-state index < -0.39 is 0 Å². The van der Waals surface area contributed by atoms with Gasteiger partial charge < -0.3 is 9.32 Å². The number of hydrogen-bond acceptors (Lipinski definition) is 3. The quantitative estimate of drug-likeness (QED) is 0.178. The molecule has 0 aliphatic rings. The molecule has 0 N–H and O–H groups in total. The Balaban J connectivity index is 1.10. The van der Waals surface area contributed by atoms with E-state index in [0.717, 1.165) is 39.0 Å². The van der Waals surface area contributed by atoms with Crippen LogP contribution in [0.3, 0.4) is 0 Å². The van der Waals surface area contributed by atoms with Crippen LogP contribution >= 0.6 is 11.3 Å². The summed E-state index contributed by atoms with van der Waals surface area (Å²) in [7, 11) is 0. The molecule has 11 rings (SSSR count). The lowest BCUT2D eigenvalue weighted by molar-refractivity contribution is 0.673. The van der Waals surface area contributed by atoms with Gasteiger partial charge in [0.25, 0.3) is 0 Å². The van der Waals surface area contributed by atoms with Gasteiger partial charge in [-0.25, -0.2) is 0 Å². The van der Waals surface area contributed by atoms with Crippen LogP contribution in [0.15, 0.2) is 192 Å². The van der Waals surface area contributed by atoms with Crippen LogP contribution in [0.1, 0.15) is 0 Å². The van der Waals surface area contributed by atoms with Crippen LogP contribution < -0.4 is 4.90 Å². The molecule has 0 atom stereocenters. The third-order valence-corrected chi connectivity index (χ3v) is 11.8. The number of hydrogen-bond donors (Lipinski definition) is 0. The Hall–Kier alpha value is -6.68. The average molecular weight is 694 g/mol. The zero-order valence-corrected chi connectivity index (χ0v) is 29.5. The van der Waals surface area contributed by atoms with Crippen LogP contribution in [0.5, 0.6) is 0 Å². The topological polar surface area (TPSA) is 16.4 Å². The Morgan fingerprint density at radius 1 is 0.415 bits per heavy atom. The number of rotatable bonds is 5. The van der Waals surface area contributed by atoms with E-state index in [-0.39, 0.29) is 0 Å². The van der Waals surface area contributed by atoms with Gasteiger partial charge in [-0.1, -0.05) is 133 Å². The first-order valence-corrected chi connectivity index (χ1v) is 18.8. The Morgan fingerprint density at radius 2 is 1.04 bits per heavy atom. The summed E-state index contributed by atoms with van der Waals surface area (Å²) in [5.74, 6) is 0. The highest BCUT2D eigenvalue weighted by molar-refractivity contribution is 7.26. The van der Waals surface area contributed by atoms with E-state index in [4.69, 9.17) is 4.42 Å². The maximum Gasteiger partial charge on any atom is 0.144 e. The Labute approximate surface area is 310 Å². The van der Waals surface area contributed by atoms with Gasteiger partial charge in [0.2, 0.25) is 0 Å². The van der Waals surface area contributed by atoms with E-state index in [9.17, 15) is 0 Å². The summed E-state index contributed by atoms with van der Waals surface area (Å²) in [5, 5.41) is 9.61.